The minimum absolute atomic E-state index is 0.0488. The van der Waals surface area contributed by atoms with Crippen molar-refractivity contribution in [1.29, 1.82) is 0 Å². The lowest BCUT2D eigenvalue weighted by atomic mass is 10.0. The van der Waals surface area contributed by atoms with Gasteiger partial charge in [-0.2, -0.15) is 0 Å². The van der Waals surface area contributed by atoms with E-state index >= 15 is 0 Å². The number of carbonyl (C=O) groups is 2. The average molecular weight is 275 g/mol. The van der Waals surface area contributed by atoms with Crippen LogP contribution in [0.5, 0.6) is 0 Å². The average Bonchev–Trinajstić information content (AvgIpc) is 2.66. The number of aromatic carboxylic acids is 1. The normalized spacial score (nSPS) is 10.9. The summed E-state index contributed by atoms with van der Waals surface area (Å²) in [6, 6.07) is 3.34. The van der Waals surface area contributed by atoms with Crippen LogP contribution in [0.15, 0.2) is 12.1 Å². The number of aldehydes is 1. The lowest BCUT2D eigenvalue weighted by Crippen LogP contribution is -2.04. The third kappa shape index (κ3) is 2.20. The van der Waals surface area contributed by atoms with Gasteiger partial charge in [0.25, 0.3) is 0 Å². The zero-order valence-corrected chi connectivity index (χ0v) is 11.5. The molecule has 0 saturated heterocycles. The van der Waals surface area contributed by atoms with Crippen molar-refractivity contribution in [1.82, 2.24) is 4.57 Å². The summed E-state index contributed by atoms with van der Waals surface area (Å²) in [5, 5.41) is 18.9. The molecule has 0 saturated carbocycles. The van der Waals surface area contributed by atoms with Crippen molar-refractivity contribution >= 4 is 23.2 Å². The molecule has 0 fully saturated rings. The summed E-state index contributed by atoms with van der Waals surface area (Å²) >= 11 is 0. The molecule has 0 bridgehead atoms. The van der Waals surface area contributed by atoms with Crippen LogP contribution in [0.4, 0.5) is 0 Å². The van der Waals surface area contributed by atoms with Crippen molar-refractivity contribution in [3.05, 3.63) is 34.5 Å². The number of aryl methyl sites for hydroxylation is 2. The molecule has 0 aliphatic rings. The molecule has 1 aromatic heterocycles. The molecular formula is C15H17NO4. The van der Waals surface area contributed by atoms with Gasteiger partial charge in [0.2, 0.25) is 0 Å². The Morgan fingerprint density at radius 3 is 2.60 bits per heavy atom. The summed E-state index contributed by atoms with van der Waals surface area (Å²) in [6.07, 6.45) is 1.35. The van der Waals surface area contributed by atoms with Gasteiger partial charge in [0.05, 0.1) is 5.56 Å². The van der Waals surface area contributed by atoms with Crippen molar-refractivity contribution in [2.75, 3.05) is 6.61 Å². The predicted molar refractivity (Wildman–Crippen MR) is 75.5 cm³/mol. The van der Waals surface area contributed by atoms with Crippen molar-refractivity contribution in [2.45, 2.75) is 26.8 Å². The minimum atomic E-state index is -0.982. The topological polar surface area (TPSA) is 79.5 Å². The van der Waals surface area contributed by atoms with E-state index in [-0.39, 0.29) is 12.2 Å². The van der Waals surface area contributed by atoms with Crippen LogP contribution in [0.25, 0.3) is 10.9 Å². The fourth-order valence-electron chi connectivity index (χ4n) is 2.55. The highest BCUT2D eigenvalue weighted by molar-refractivity contribution is 6.03. The van der Waals surface area contributed by atoms with Crippen LogP contribution >= 0.6 is 0 Å². The predicted octanol–water partition coefficient (Wildman–Crippen LogP) is 2.15. The number of hydrogen-bond acceptors (Lipinski definition) is 3. The molecule has 0 amide bonds. The molecule has 2 rings (SSSR count). The molecule has 0 aliphatic heterocycles. The number of hydrogen-bond donors (Lipinski definition) is 2. The Bertz CT molecular complexity index is 685. The maximum atomic E-state index is 11.3. The van der Waals surface area contributed by atoms with Crippen LogP contribution < -0.4 is 0 Å². The Kier molecular flexibility index (Phi) is 3.90. The lowest BCUT2D eigenvalue weighted by Gasteiger charge is -2.08. The maximum absolute atomic E-state index is 11.3. The molecular weight excluding hydrogens is 258 g/mol. The van der Waals surface area contributed by atoms with Gasteiger partial charge in [0.1, 0.15) is 0 Å². The maximum Gasteiger partial charge on any atom is 0.336 e. The van der Waals surface area contributed by atoms with E-state index in [1.54, 1.807) is 19.1 Å². The number of aliphatic hydroxyl groups excluding tert-OH is 1. The number of fused-ring (bicyclic) bond motifs is 1. The first kappa shape index (κ1) is 14.3. The van der Waals surface area contributed by atoms with Crippen LogP contribution in [0.2, 0.25) is 0 Å². The molecule has 0 unspecified atom stereocenters. The third-order valence-electron chi connectivity index (χ3n) is 3.61. The molecule has 2 aromatic rings. The lowest BCUT2D eigenvalue weighted by molar-refractivity contribution is 0.0696. The fraction of sp³-hybridized carbons (Fsp3) is 0.333. The minimum Gasteiger partial charge on any atom is -0.478 e. The van der Waals surface area contributed by atoms with Gasteiger partial charge in [-0.3, -0.25) is 4.79 Å². The third-order valence-corrected chi connectivity index (χ3v) is 3.61. The number of carboxylic acids is 1. The van der Waals surface area contributed by atoms with Gasteiger partial charge < -0.3 is 14.8 Å². The Hall–Kier alpha value is -2.14. The van der Waals surface area contributed by atoms with E-state index in [1.807, 2.05) is 11.5 Å². The molecule has 0 spiro atoms. The second-order valence-electron chi connectivity index (χ2n) is 4.84. The molecule has 5 nitrogen and oxygen atoms in total. The first-order valence-corrected chi connectivity index (χ1v) is 6.44. The van der Waals surface area contributed by atoms with Crippen molar-refractivity contribution < 1.29 is 19.8 Å². The Morgan fingerprint density at radius 1 is 1.35 bits per heavy atom. The number of carbonyl (C=O) groups excluding carboxylic acids is 1. The second kappa shape index (κ2) is 5.46. The van der Waals surface area contributed by atoms with Crippen LogP contribution in [0.3, 0.4) is 0 Å². The van der Waals surface area contributed by atoms with Gasteiger partial charge in [0, 0.05) is 35.3 Å². The highest BCUT2D eigenvalue weighted by Crippen LogP contribution is 2.28. The zero-order valence-electron chi connectivity index (χ0n) is 11.5. The Morgan fingerprint density at radius 2 is 2.05 bits per heavy atom. The Balaban J connectivity index is 2.76. The fourth-order valence-corrected chi connectivity index (χ4v) is 2.55. The molecule has 1 heterocycles. The number of aliphatic hydroxyl groups is 1. The van der Waals surface area contributed by atoms with E-state index in [0.717, 1.165) is 22.9 Å². The van der Waals surface area contributed by atoms with Gasteiger partial charge in [-0.05, 0) is 38.0 Å². The van der Waals surface area contributed by atoms with E-state index in [9.17, 15) is 14.7 Å². The van der Waals surface area contributed by atoms with Crippen LogP contribution in [-0.4, -0.2) is 33.6 Å². The molecule has 1 aromatic carbocycles. The molecule has 2 N–H and O–H groups in total. The summed E-state index contributed by atoms with van der Waals surface area (Å²) in [6.45, 7) is 4.15. The van der Waals surface area contributed by atoms with E-state index < -0.39 is 5.97 Å². The van der Waals surface area contributed by atoms with E-state index in [4.69, 9.17) is 5.11 Å². The monoisotopic (exact) mass is 275 g/mol. The SMILES string of the molecule is Cc1cc2c(C=O)c(C)n(CCCO)c2cc1C(=O)O. The summed E-state index contributed by atoms with van der Waals surface area (Å²) < 4.78 is 1.89. The van der Waals surface area contributed by atoms with Crippen molar-refractivity contribution in [3.8, 4) is 0 Å². The van der Waals surface area contributed by atoms with Crippen LogP contribution in [0.1, 0.15) is 38.4 Å². The number of rotatable bonds is 5. The van der Waals surface area contributed by atoms with Gasteiger partial charge in [-0.25, -0.2) is 4.79 Å². The zero-order chi connectivity index (χ0) is 14.9. The van der Waals surface area contributed by atoms with Gasteiger partial charge in [0.15, 0.2) is 6.29 Å². The van der Waals surface area contributed by atoms with Gasteiger partial charge >= 0.3 is 5.97 Å². The first-order chi connectivity index (χ1) is 9.51. The van der Waals surface area contributed by atoms with Crippen molar-refractivity contribution in [3.63, 3.8) is 0 Å². The summed E-state index contributed by atoms with van der Waals surface area (Å²) in [5.41, 5.74) is 2.97. The van der Waals surface area contributed by atoms with Crippen molar-refractivity contribution in [2.24, 2.45) is 0 Å². The summed E-state index contributed by atoms with van der Waals surface area (Å²) in [7, 11) is 0. The molecule has 0 aliphatic carbocycles. The van der Waals surface area contributed by atoms with Gasteiger partial charge in [-0.15, -0.1) is 0 Å². The number of benzene rings is 1. The molecule has 5 heteroatoms. The van der Waals surface area contributed by atoms with E-state index in [2.05, 4.69) is 0 Å². The quantitative estimate of drug-likeness (QED) is 0.819. The van der Waals surface area contributed by atoms with Crippen LogP contribution in [0, 0.1) is 13.8 Å². The molecule has 20 heavy (non-hydrogen) atoms. The summed E-state index contributed by atoms with van der Waals surface area (Å²) in [4.78, 5) is 22.5. The smallest absolute Gasteiger partial charge is 0.336 e. The standard InChI is InChI=1S/C15H17NO4/c1-9-6-12-13(8-18)10(2)16(4-3-5-17)14(12)7-11(9)15(19)20/h6-8,17H,3-5H2,1-2H3,(H,19,20). The highest BCUT2D eigenvalue weighted by Gasteiger charge is 2.17. The van der Waals surface area contributed by atoms with Gasteiger partial charge in [-0.1, -0.05) is 0 Å². The summed E-state index contributed by atoms with van der Waals surface area (Å²) in [5.74, 6) is -0.982. The molecule has 106 valence electrons. The van der Waals surface area contributed by atoms with E-state index in [0.29, 0.717) is 24.1 Å². The number of carboxylic acid groups (broad SMARTS) is 1. The van der Waals surface area contributed by atoms with E-state index in [1.165, 1.54) is 0 Å². The van der Waals surface area contributed by atoms with Crippen LogP contribution in [-0.2, 0) is 6.54 Å². The number of nitrogens with zero attached hydrogens (tertiary/aromatic N) is 1. The molecule has 0 atom stereocenters. The largest absolute Gasteiger partial charge is 0.478 e. The second-order valence-corrected chi connectivity index (χ2v) is 4.84. The molecule has 0 radical (unpaired) electrons. The number of aromatic nitrogens is 1. The Labute approximate surface area is 116 Å². The highest BCUT2D eigenvalue weighted by atomic mass is 16.4. The first-order valence-electron chi connectivity index (χ1n) is 6.44.